The van der Waals surface area contributed by atoms with E-state index in [0.29, 0.717) is 17.4 Å². The van der Waals surface area contributed by atoms with Gasteiger partial charge in [-0.3, -0.25) is 0 Å². The number of aliphatic imine (C=N–C) groups is 1. The molecule has 0 aromatic heterocycles. The van der Waals surface area contributed by atoms with Gasteiger partial charge in [-0.25, -0.2) is 4.99 Å². The van der Waals surface area contributed by atoms with E-state index in [-0.39, 0.29) is 0 Å². The molecule has 0 spiro atoms. The fraction of sp³-hybridized carbons (Fsp3) is 0.192. The van der Waals surface area contributed by atoms with Crippen molar-refractivity contribution in [3.8, 4) is 23.0 Å². The van der Waals surface area contributed by atoms with Gasteiger partial charge in [-0.2, -0.15) is 0 Å². The maximum absolute atomic E-state index is 6.18. The second-order valence-corrected chi connectivity index (χ2v) is 7.11. The normalized spacial score (nSPS) is 11.8. The summed E-state index contributed by atoms with van der Waals surface area (Å²) in [5.74, 6) is 3.18. The van der Waals surface area contributed by atoms with Crippen LogP contribution in [-0.4, -0.2) is 20.1 Å². The second kappa shape index (κ2) is 10.3. The molecule has 0 unspecified atom stereocenters. The third-order valence-electron chi connectivity index (χ3n) is 4.48. The molecule has 5 nitrogen and oxygen atoms in total. The van der Waals surface area contributed by atoms with Crippen LogP contribution in [0.15, 0.2) is 83.6 Å². The minimum atomic E-state index is 0.435. The first-order valence-electron chi connectivity index (χ1n) is 9.94. The van der Waals surface area contributed by atoms with E-state index in [4.69, 9.17) is 23.9 Å². The zero-order valence-electron chi connectivity index (χ0n) is 18.5. The van der Waals surface area contributed by atoms with Crippen molar-refractivity contribution in [2.75, 3.05) is 14.2 Å². The van der Waals surface area contributed by atoms with Crippen molar-refractivity contribution in [3.05, 3.63) is 89.7 Å². The molecule has 0 bridgehead atoms. The molecule has 3 aromatic carbocycles. The third-order valence-corrected chi connectivity index (χ3v) is 4.48. The summed E-state index contributed by atoms with van der Waals surface area (Å²) in [5, 5.41) is 0. The minimum Gasteiger partial charge on any atom is -0.497 e. The van der Waals surface area contributed by atoms with Gasteiger partial charge in [0.15, 0.2) is 11.5 Å². The molecule has 0 heterocycles. The molecule has 0 saturated carbocycles. The summed E-state index contributed by atoms with van der Waals surface area (Å²) in [4.78, 5) is 4.70. The fourth-order valence-electron chi connectivity index (χ4n) is 2.99. The Labute approximate surface area is 183 Å². The highest BCUT2D eigenvalue weighted by atomic mass is 16.5. The van der Waals surface area contributed by atoms with Gasteiger partial charge in [0.05, 0.1) is 26.2 Å². The van der Waals surface area contributed by atoms with Crippen molar-refractivity contribution in [1.29, 1.82) is 0 Å². The Morgan fingerprint density at radius 2 is 1.42 bits per heavy atom. The van der Waals surface area contributed by atoms with Crippen LogP contribution in [0.3, 0.4) is 0 Å². The molecule has 0 aliphatic carbocycles. The predicted octanol–water partition coefficient (Wildman–Crippen LogP) is 6.41. The van der Waals surface area contributed by atoms with Gasteiger partial charge in [0.2, 0.25) is 5.90 Å². The molecular formula is C26H27NO4. The summed E-state index contributed by atoms with van der Waals surface area (Å²) in [6.07, 6.45) is 1.61. The van der Waals surface area contributed by atoms with Crippen molar-refractivity contribution in [2.45, 2.75) is 20.8 Å². The number of hydrogen-bond donors (Lipinski definition) is 0. The Morgan fingerprint density at radius 1 is 0.774 bits per heavy atom. The van der Waals surface area contributed by atoms with Crippen molar-refractivity contribution in [1.82, 2.24) is 0 Å². The van der Waals surface area contributed by atoms with Crippen LogP contribution in [0.5, 0.6) is 23.0 Å². The highest BCUT2D eigenvalue weighted by Gasteiger charge is 2.10. The molecule has 3 aromatic rings. The van der Waals surface area contributed by atoms with Crippen LogP contribution >= 0.6 is 0 Å². The Balaban J connectivity index is 1.94. The first-order valence-corrected chi connectivity index (χ1v) is 9.94. The number of para-hydroxylation sites is 2. The van der Waals surface area contributed by atoms with E-state index < -0.39 is 0 Å². The molecule has 160 valence electrons. The van der Waals surface area contributed by atoms with Crippen molar-refractivity contribution >= 4 is 11.6 Å². The molecule has 0 radical (unpaired) electrons. The molecule has 0 atom stereocenters. The molecule has 5 heteroatoms. The third kappa shape index (κ3) is 6.12. The number of ether oxygens (including phenoxy) is 4. The summed E-state index contributed by atoms with van der Waals surface area (Å²) in [6, 6.07) is 21.0. The first kappa shape index (κ1) is 22.0. The van der Waals surface area contributed by atoms with Crippen molar-refractivity contribution < 1.29 is 18.9 Å². The maximum atomic E-state index is 6.18. The van der Waals surface area contributed by atoms with E-state index in [1.807, 2.05) is 81.4 Å². The minimum absolute atomic E-state index is 0.435. The highest BCUT2D eigenvalue weighted by molar-refractivity contribution is 5.96. The van der Waals surface area contributed by atoms with Crippen LogP contribution in [0.25, 0.3) is 0 Å². The van der Waals surface area contributed by atoms with Crippen LogP contribution in [0.4, 0.5) is 5.69 Å². The predicted molar refractivity (Wildman–Crippen MR) is 124 cm³/mol. The lowest BCUT2D eigenvalue weighted by atomic mass is 10.1. The molecule has 0 N–H and O–H groups in total. The van der Waals surface area contributed by atoms with Gasteiger partial charge in [-0.05, 0) is 80.4 Å². The molecule has 31 heavy (non-hydrogen) atoms. The number of rotatable bonds is 7. The Morgan fingerprint density at radius 3 is 2.03 bits per heavy atom. The average molecular weight is 418 g/mol. The standard InChI is InChI=1S/C26H27NO4/c1-18-14-19(2)16-23(15-18)31-26(27-21-10-12-22(28-4)13-11-21)20(3)17-30-25-9-7-6-8-24(25)29-5/h6-17H,1-5H3/b20-17+,27-26+. The van der Waals surface area contributed by atoms with Gasteiger partial charge < -0.3 is 18.9 Å². The molecule has 0 saturated heterocycles. The van der Waals surface area contributed by atoms with Gasteiger partial charge in [-0.15, -0.1) is 0 Å². The lowest BCUT2D eigenvalue weighted by Gasteiger charge is -2.12. The fourth-order valence-corrected chi connectivity index (χ4v) is 2.99. The maximum Gasteiger partial charge on any atom is 0.225 e. The molecule has 0 amide bonds. The molecule has 0 fully saturated rings. The molecule has 0 aliphatic heterocycles. The topological polar surface area (TPSA) is 49.3 Å². The Kier molecular flexibility index (Phi) is 7.33. The number of nitrogens with zero attached hydrogens (tertiary/aromatic N) is 1. The molecule has 3 rings (SSSR count). The SMILES string of the molecule is COc1ccc(/N=C(Oc2cc(C)cc(C)c2)\C(C)=C\Oc2ccccc2OC)cc1. The van der Waals surface area contributed by atoms with Gasteiger partial charge in [-0.1, -0.05) is 18.2 Å². The second-order valence-electron chi connectivity index (χ2n) is 7.11. The van der Waals surface area contributed by atoms with Crippen LogP contribution < -0.4 is 18.9 Å². The first-order chi connectivity index (χ1) is 15.0. The zero-order valence-corrected chi connectivity index (χ0v) is 18.5. The number of methoxy groups -OCH3 is 2. The van der Waals surface area contributed by atoms with Crippen LogP contribution in [0.1, 0.15) is 18.1 Å². The molecular weight excluding hydrogens is 390 g/mol. The summed E-state index contributed by atoms with van der Waals surface area (Å²) in [7, 11) is 3.24. The lowest BCUT2D eigenvalue weighted by molar-refractivity contribution is 0.377. The number of hydrogen-bond acceptors (Lipinski definition) is 5. The highest BCUT2D eigenvalue weighted by Crippen LogP contribution is 2.27. The number of benzene rings is 3. The van der Waals surface area contributed by atoms with E-state index in [9.17, 15) is 0 Å². The van der Waals surface area contributed by atoms with Gasteiger partial charge in [0, 0.05) is 5.57 Å². The van der Waals surface area contributed by atoms with Crippen LogP contribution in [0.2, 0.25) is 0 Å². The lowest BCUT2D eigenvalue weighted by Crippen LogP contribution is -2.11. The summed E-state index contributed by atoms with van der Waals surface area (Å²) >= 11 is 0. The van der Waals surface area contributed by atoms with Gasteiger partial charge in [0.1, 0.15) is 11.5 Å². The van der Waals surface area contributed by atoms with Gasteiger partial charge in [0.25, 0.3) is 0 Å². The van der Waals surface area contributed by atoms with Crippen LogP contribution in [0, 0.1) is 13.8 Å². The van der Waals surface area contributed by atoms with E-state index in [0.717, 1.165) is 33.9 Å². The van der Waals surface area contributed by atoms with E-state index in [1.54, 1.807) is 20.5 Å². The number of aryl methyl sites for hydroxylation is 2. The Hall–Kier alpha value is -3.73. The van der Waals surface area contributed by atoms with Crippen molar-refractivity contribution in [2.24, 2.45) is 4.99 Å². The summed E-state index contributed by atoms with van der Waals surface area (Å²) in [6.45, 7) is 5.96. The van der Waals surface area contributed by atoms with E-state index in [1.165, 1.54) is 0 Å². The quantitative estimate of drug-likeness (QED) is 0.253. The zero-order chi connectivity index (χ0) is 22.2. The van der Waals surface area contributed by atoms with Crippen LogP contribution in [-0.2, 0) is 0 Å². The molecule has 0 aliphatic rings. The summed E-state index contributed by atoms with van der Waals surface area (Å²) in [5.41, 5.74) is 3.70. The largest absolute Gasteiger partial charge is 0.497 e. The van der Waals surface area contributed by atoms with Gasteiger partial charge >= 0.3 is 0 Å². The van der Waals surface area contributed by atoms with Crippen molar-refractivity contribution in [3.63, 3.8) is 0 Å². The monoisotopic (exact) mass is 417 g/mol. The average Bonchev–Trinajstić information content (AvgIpc) is 2.77. The van der Waals surface area contributed by atoms with E-state index in [2.05, 4.69) is 6.07 Å². The smallest absolute Gasteiger partial charge is 0.225 e. The summed E-state index contributed by atoms with van der Waals surface area (Å²) < 4.78 is 22.6. The Bertz CT molecular complexity index is 1060. The van der Waals surface area contributed by atoms with E-state index >= 15 is 0 Å².